The molecule has 13 heavy (non-hydrogen) atoms. The van der Waals surface area contributed by atoms with Crippen molar-refractivity contribution in [2.75, 3.05) is 26.4 Å². The molecule has 4 nitrogen and oxygen atoms in total. The summed E-state index contributed by atoms with van der Waals surface area (Å²) >= 11 is 0. The molecule has 0 spiro atoms. The molecule has 0 aromatic rings. The van der Waals surface area contributed by atoms with E-state index in [2.05, 4.69) is 0 Å². The fourth-order valence-corrected chi connectivity index (χ4v) is 1.38. The Balaban J connectivity index is 4.45. The number of hydrogen-bond acceptors (Lipinski definition) is 4. The van der Waals surface area contributed by atoms with Crippen LogP contribution in [0.3, 0.4) is 0 Å². The highest BCUT2D eigenvalue weighted by atomic mass is 16.5. The molecule has 0 saturated heterocycles. The average molecular weight is 192 g/mol. The lowest BCUT2D eigenvalue weighted by molar-refractivity contribution is -0.112. The smallest absolute Gasteiger partial charge is 0.0694 e. The second-order valence-electron chi connectivity index (χ2n) is 3.19. The van der Waals surface area contributed by atoms with Crippen molar-refractivity contribution in [2.24, 2.45) is 5.41 Å². The van der Waals surface area contributed by atoms with Gasteiger partial charge in [-0.2, -0.15) is 0 Å². The minimum atomic E-state index is -0.912. The number of aliphatic hydroxyl groups is 3. The van der Waals surface area contributed by atoms with Crippen LogP contribution in [0.15, 0.2) is 0 Å². The lowest BCUT2D eigenvalue weighted by atomic mass is 9.83. The summed E-state index contributed by atoms with van der Waals surface area (Å²) in [5.74, 6) is 0. The summed E-state index contributed by atoms with van der Waals surface area (Å²) in [6.45, 7) is 3.46. The van der Waals surface area contributed by atoms with Crippen molar-refractivity contribution in [2.45, 2.75) is 26.4 Å². The van der Waals surface area contributed by atoms with Gasteiger partial charge in [0.2, 0.25) is 0 Å². The van der Waals surface area contributed by atoms with E-state index in [1.54, 1.807) is 0 Å². The SMILES string of the molecule is CCOC(CC)C(CO)(CO)CO. The largest absolute Gasteiger partial charge is 0.396 e. The zero-order chi connectivity index (χ0) is 10.3. The van der Waals surface area contributed by atoms with E-state index in [1.807, 2.05) is 13.8 Å². The van der Waals surface area contributed by atoms with Crippen molar-refractivity contribution in [1.29, 1.82) is 0 Å². The van der Waals surface area contributed by atoms with E-state index in [9.17, 15) is 0 Å². The van der Waals surface area contributed by atoms with Gasteiger partial charge in [-0.25, -0.2) is 0 Å². The molecule has 1 unspecified atom stereocenters. The predicted molar refractivity (Wildman–Crippen MR) is 49.4 cm³/mol. The lowest BCUT2D eigenvalue weighted by Gasteiger charge is -2.35. The van der Waals surface area contributed by atoms with Crippen LogP contribution < -0.4 is 0 Å². The molecule has 0 bridgehead atoms. The fraction of sp³-hybridized carbons (Fsp3) is 1.00. The summed E-state index contributed by atoms with van der Waals surface area (Å²) in [4.78, 5) is 0. The normalized spacial score (nSPS) is 14.5. The first-order valence-corrected chi connectivity index (χ1v) is 4.64. The minimum absolute atomic E-state index is 0.265. The van der Waals surface area contributed by atoms with E-state index >= 15 is 0 Å². The Morgan fingerprint density at radius 3 is 1.77 bits per heavy atom. The van der Waals surface area contributed by atoms with Gasteiger partial charge in [0.05, 0.1) is 31.3 Å². The Hall–Kier alpha value is -0.160. The van der Waals surface area contributed by atoms with E-state index in [0.29, 0.717) is 13.0 Å². The second-order valence-corrected chi connectivity index (χ2v) is 3.19. The molecule has 0 radical (unpaired) electrons. The van der Waals surface area contributed by atoms with Crippen LogP contribution in [0.4, 0.5) is 0 Å². The van der Waals surface area contributed by atoms with Crippen molar-refractivity contribution in [3.05, 3.63) is 0 Å². The minimum Gasteiger partial charge on any atom is -0.396 e. The summed E-state index contributed by atoms with van der Waals surface area (Å²) in [7, 11) is 0. The van der Waals surface area contributed by atoms with Gasteiger partial charge in [-0.3, -0.25) is 0 Å². The molecule has 0 fully saturated rings. The molecule has 0 saturated carbocycles. The van der Waals surface area contributed by atoms with Gasteiger partial charge in [-0.1, -0.05) is 6.92 Å². The molecular weight excluding hydrogens is 172 g/mol. The maximum atomic E-state index is 9.10. The number of hydrogen-bond donors (Lipinski definition) is 3. The maximum Gasteiger partial charge on any atom is 0.0694 e. The quantitative estimate of drug-likeness (QED) is 0.521. The van der Waals surface area contributed by atoms with Gasteiger partial charge in [0.25, 0.3) is 0 Å². The van der Waals surface area contributed by atoms with Gasteiger partial charge >= 0.3 is 0 Å². The monoisotopic (exact) mass is 192 g/mol. The predicted octanol–water partition coefficient (Wildman–Crippen LogP) is -0.235. The highest BCUT2D eigenvalue weighted by Crippen LogP contribution is 2.25. The molecule has 0 aliphatic rings. The van der Waals surface area contributed by atoms with Gasteiger partial charge in [0.15, 0.2) is 0 Å². The van der Waals surface area contributed by atoms with Gasteiger partial charge in [-0.05, 0) is 13.3 Å². The van der Waals surface area contributed by atoms with E-state index in [4.69, 9.17) is 20.1 Å². The Morgan fingerprint density at radius 1 is 1.08 bits per heavy atom. The van der Waals surface area contributed by atoms with Gasteiger partial charge in [0, 0.05) is 6.61 Å². The van der Waals surface area contributed by atoms with Crippen LogP contribution in [-0.2, 0) is 4.74 Å². The maximum absolute atomic E-state index is 9.10. The van der Waals surface area contributed by atoms with E-state index in [-0.39, 0.29) is 25.9 Å². The first kappa shape index (κ1) is 12.8. The number of aliphatic hydroxyl groups excluding tert-OH is 3. The van der Waals surface area contributed by atoms with Crippen molar-refractivity contribution < 1.29 is 20.1 Å². The molecule has 0 aromatic heterocycles. The second kappa shape index (κ2) is 6.32. The average Bonchev–Trinajstić information content (AvgIpc) is 2.19. The molecule has 0 amide bonds. The lowest BCUT2D eigenvalue weighted by Crippen LogP contribution is -2.46. The van der Waals surface area contributed by atoms with Gasteiger partial charge < -0.3 is 20.1 Å². The van der Waals surface area contributed by atoms with E-state index in [0.717, 1.165) is 0 Å². The van der Waals surface area contributed by atoms with Crippen molar-refractivity contribution in [3.63, 3.8) is 0 Å². The molecule has 0 rings (SSSR count). The van der Waals surface area contributed by atoms with E-state index < -0.39 is 5.41 Å². The molecule has 80 valence electrons. The molecule has 0 aliphatic carbocycles. The van der Waals surface area contributed by atoms with Crippen LogP contribution in [0.2, 0.25) is 0 Å². The van der Waals surface area contributed by atoms with Gasteiger partial charge in [-0.15, -0.1) is 0 Å². The van der Waals surface area contributed by atoms with Gasteiger partial charge in [0.1, 0.15) is 0 Å². The van der Waals surface area contributed by atoms with Crippen LogP contribution in [0.1, 0.15) is 20.3 Å². The number of ether oxygens (including phenoxy) is 1. The Labute approximate surface area is 79.2 Å². The Kier molecular flexibility index (Phi) is 6.24. The third kappa shape index (κ3) is 2.91. The standard InChI is InChI=1S/C9H20O4/c1-3-8(13-4-2)9(5-10,6-11)7-12/h8,10-12H,3-7H2,1-2H3. The Bertz CT molecular complexity index is 115. The van der Waals surface area contributed by atoms with Crippen LogP contribution in [0.25, 0.3) is 0 Å². The summed E-state index contributed by atoms with van der Waals surface area (Å²) in [5, 5.41) is 27.3. The van der Waals surface area contributed by atoms with Crippen LogP contribution in [0, 0.1) is 5.41 Å². The van der Waals surface area contributed by atoms with Crippen LogP contribution >= 0.6 is 0 Å². The molecule has 0 aliphatic heterocycles. The summed E-state index contributed by atoms with van der Waals surface area (Å²) < 4.78 is 5.35. The molecule has 4 heteroatoms. The molecule has 0 heterocycles. The Morgan fingerprint density at radius 2 is 1.54 bits per heavy atom. The first-order valence-electron chi connectivity index (χ1n) is 4.64. The highest BCUT2D eigenvalue weighted by Gasteiger charge is 2.37. The third-order valence-electron chi connectivity index (χ3n) is 2.37. The van der Waals surface area contributed by atoms with Crippen molar-refractivity contribution in [3.8, 4) is 0 Å². The number of rotatable bonds is 7. The summed E-state index contributed by atoms with van der Waals surface area (Å²) in [6, 6.07) is 0. The highest BCUT2D eigenvalue weighted by molar-refractivity contribution is 4.85. The van der Waals surface area contributed by atoms with Crippen LogP contribution in [-0.4, -0.2) is 47.9 Å². The molecule has 3 N–H and O–H groups in total. The van der Waals surface area contributed by atoms with Crippen molar-refractivity contribution >= 4 is 0 Å². The zero-order valence-corrected chi connectivity index (χ0v) is 8.36. The summed E-state index contributed by atoms with van der Waals surface area (Å²) in [6.07, 6.45) is 0.368. The fourth-order valence-electron chi connectivity index (χ4n) is 1.38. The molecule has 1 atom stereocenters. The zero-order valence-electron chi connectivity index (χ0n) is 8.36. The third-order valence-corrected chi connectivity index (χ3v) is 2.37. The van der Waals surface area contributed by atoms with E-state index in [1.165, 1.54) is 0 Å². The molecular formula is C9H20O4. The van der Waals surface area contributed by atoms with Crippen LogP contribution in [0.5, 0.6) is 0 Å². The summed E-state index contributed by atoms with van der Waals surface area (Å²) in [5.41, 5.74) is -0.912. The first-order chi connectivity index (χ1) is 6.20. The topological polar surface area (TPSA) is 69.9 Å². The van der Waals surface area contributed by atoms with Crippen molar-refractivity contribution in [1.82, 2.24) is 0 Å². The molecule has 0 aromatic carbocycles.